The fourth-order valence-electron chi connectivity index (χ4n) is 2.42. The Bertz CT molecular complexity index is 812. The van der Waals surface area contributed by atoms with Gasteiger partial charge in [-0.3, -0.25) is 4.79 Å². The smallest absolute Gasteiger partial charge is 0.233 e. The van der Waals surface area contributed by atoms with E-state index in [-0.39, 0.29) is 24.5 Å². The van der Waals surface area contributed by atoms with Crippen molar-refractivity contribution in [3.05, 3.63) is 36.9 Å². The maximum Gasteiger partial charge on any atom is 0.233 e. The van der Waals surface area contributed by atoms with Crippen LogP contribution >= 0.6 is 11.8 Å². The minimum Gasteiger partial charge on any atom is -0.340 e. The van der Waals surface area contributed by atoms with Gasteiger partial charge in [0.05, 0.1) is 41.8 Å². The summed E-state index contributed by atoms with van der Waals surface area (Å²) in [4.78, 5) is 18.6. The van der Waals surface area contributed by atoms with Crippen molar-refractivity contribution in [3.8, 4) is 12.1 Å². The molecule has 2 rings (SSSR count). The summed E-state index contributed by atoms with van der Waals surface area (Å²) < 4.78 is 2.02. The predicted octanol–water partition coefficient (Wildman–Crippen LogP) is 2.97. The molecule has 0 radical (unpaired) electrons. The highest BCUT2D eigenvalue weighted by Crippen LogP contribution is 2.24. The summed E-state index contributed by atoms with van der Waals surface area (Å²) in [5.74, 6) is 0.129. The van der Waals surface area contributed by atoms with E-state index in [1.54, 1.807) is 11.0 Å². The maximum absolute atomic E-state index is 12.4. The van der Waals surface area contributed by atoms with Gasteiger partial charge < -0.3 is 9.47 Å². The number of hydrogen-bond donors (Lipinski definition) is 0. The van der Waals surface area contributed by atoms with Gasteiger partial charge >= 0.3 is 0 Å². The average Bonchev–Trinajstić information content (AvgIpc) is 2.98. The highest BCUT2D eigenvalue weighted by Gasteiger charge is 2.16. The largest absolute Gasteiger partial charge is 0.340 e. The van der Waals surface area contributed by atoms with Gasteiger partial charge in [0.1, 0.15) is 0 Å². The van der Waals surface area contributed by atoms with Crippen LogP contribution in [0.5, 0.6) is 0 Å². The second-order valence-corrected chi connectivity index (χ2v) is 6.21. The summed E-state index contributed by atoms with van der Waals surface area (Å²) in [6.07, 6.45) is 2.32. The lowest BCUT2D eigenvalue weighted by Gasteiger charge is -2.20. The van der Waals surface area contributed by atoms with E-state index in [1.807, 2.05) is 41.0 Å². The fraction of sp³-hybridized carbons (Fsp3) is 0.333. The van der Waals surface area contributed by atoms with Crippen LogP contribution in [0.25, 0.3) is 11.0 Å². The summed E-state index contributed by atoms with van der Waals surface area (Å²) in [6, 6.07) is 11.9. The van der Waals surface area contributed by atoms with Crippen molar-refractivity contribution in [2.75, 3.05) is 18.8 Å². The Hall–Kier alpha value is -2.77. The molecule has 0 aliphatic heterocycles. The Balaban J connectivity index is 2.11. The van der Waals surface area contributed by atoms with Crippen molar-refractivity contribution in [3.63, 3.8) is 0 Å². The molecule has 0 bridgehead atoms. The van der Waals surface area contributed by atoms with Crippen LogP contribution in [0.2, 0.25) is 0 Å². The first kappa shape index (κ1) is 18.6. The number of para-hydroxylation sites is 2. The van der Waals surface area contributed by atoms with Crippen LogP contribution in [0.4, 0.5) is 0 Å². The predicted molar refractivity (Wildman–Crippen MR) is 97.7 cm³/mol. The molecule has 1 heterocycles. The molecule has 0 aliphatic rings. The molecule has 0 saturated heterocycles. The number of rotatable bonds is 9. The van der Waals surface area contributed by atoms with Crippen LogP contribution < -0.4 is 0 Å². The van der Waals surface area contributed by atoms with E-state index in [0.717, 1.165) is 16.2 Å². The molecular weight excluding hydrogens is 334 g/mol. The number of hydrogen-bond acceptors (Lipinski definition) is 5. The number of fused-ring (bicyclic) bond motifs is 1. The average molecular weight is 353 g/mol. The number of benzene rings is 1. The van der Waals surface area contributed by atoms with E-state index in [2.05, 4.69) is 11.6 Å². The van der Waals surface area contributed by atoms with Gasteiger partial charge in [0.2, 0.25) is 5.91 Å². The Labute approximate surface area is 151 Å². The number of carbonyl (C=O) groups is 1. The lowest BCUT2D eigenvalue weighted by Crippen LogP contribution is -2.34. The van der Waals surface area contributed by atoms with Crippen molar-refractivity contribution < 1.29 is 4.79 Å². The number of aromatic nitrogens is 2. The highest BCUT2D eigenvalue weighted by atomic mass is 32.2. The molecule has 25 heavy (non-hydrogen) atoms. The Morgan fingerprint density at radius 1 is 1.28 bits per heavy atom. The van der Waals surface area contributed by atoms with Crippen LogP contribution in [0.1, 0.15) is 12.8 Å². The van der Waals surface area contributed by atoms with Gasteiger partial charge in [0.25, 0.3) is 0 Å². The molecule has 0 spiro atoms. The molecule has 2 aromatic rings. The van der Waals surface area contributed by atoms with Gasteiger partial charge in [-0.1, -0.05) is 30.0 Å². The topological polar surface area (TPSA) is 85.7 Å². The highest BCUT2D eigenvalue weighted by molar-refractivity contribution is 7.99. The molecule has 0 saturated carbocycles. The second kappa shape index (κ2) is 9.51. The number of amides is 1. The third kappa shape index (κ3) is 4.85. The summed E-state index contributed by atoms with van der Waals surface area (Å²) in [5.41, 5.74) is 1.88. The van der Waals surface area contributed by atoms with Crippen LogP contribution in [0, 0.1) is 22.7 Å². The zero-order valence-electron chi connectivity index (χ0n) is 13.9. The minimum absolute atomic E-state index is 0.0901. The molecule has 0 fully saturated rings. The van der Waals surface area contributed by atoms with Crippen LogP contribution in [0.3, 0.4) is 0 Å². The van der Waals surface area contributed by atoms with E-state index in [4.69, 9.17) is 10.5 Å². The van der Waals surface area contributed by atoms with Gasteiger partial charge in [0, 0.05) is 19.6 Å². The van der Waals surface area contributed by atoms with Gasteiger partial charge in [-0.25, -0.2) is 4.98 Å². The molecule has 1 aromatic heterocycles. The van der Waals surface area contributed by atoms with E-state index >= 15 is 0 Å². The molecule has 1 aromatic carbocycles. The maximum atomic E-state index is 12.4. The zero-order chi connectivity index (χ0) is 18.1. The lowest BCUT2D eigenvalue weighted by molar-refractivity contribution is -0.128. The lowest BCUT2D eigenvalue weighted by atomic mass is 10.3. The SMILES string of the molecule is C=CCn1c(SCC(=O)N(CCC#N)CCC#N)nc2ccccc21. The van der Waals surface area contributed by atoms with Crippen LogP contribution in [-0.4, -0.2) is 39.2 Å². The Morgan fingerprint density at radius 3 is 2.60 bits per heavy atom. The van der Waals surface area contributed by atoms with Crippen molar-refractivity contribution in [2.24, 2.45) is 0 Å². The zero-order valence-corrected chi connectivity index (χ0v) is 14.7. The van der Waals surface area contributed by atoms with E-state index in [1.165, 1.54) is 11.8 Å². The number of nitriles is 2. The summed E-state index contributed by atoms with van der Waals surface area (Å²) in [5, 5.41) is 18.2. The summed E-state index contributed by atoms with van der Waals surface area (Å²) in [7, 11) is 0. The third-order valence-electron chi connectivity index (χ3n) is 3.60. The number of carbonyl (C=O) groups excluding carboxylic acids is 1. The first-order chi connectivity index (χ1) is 12.2. The van der Waals surface area contributed by atoms with Crippen molar-refractivity contribution in [1.82, 2.24) is 14.5 Å². The molecular formula is C18H19N5OS. The van der Waals surface area contributed by atoms with Crippen LogP contribution in [-0.2, 0) is 11.3 Å². The summed E-state index contributed by atoms with van der Waals surface area (Å²) >= 11 is 1.36. The normalized spacial score (nSPS) is 10.2. The number of imidazole rings is 1. The van der Waals surface area contributed by atoms with Crippen molar-refractivity contribution in [1.29, 1.82) is 10.5 Å². The molecule has 7 heteroatoms. The Kier molecular flexibility index (Phi) is 7.06. The van der Waals surface area contributed by atoms with Crippen molar-refractivity contribution in [2.45, 2.75) is 24.5 Å². The van der Waals surface area contributed by atoms with Gasteiger partial charge in [0.15, 0.2) is 5.16 Å². The van der Waals surface area contributed by atoms with E-state index in [0.29, 0.717) is 19.6 Å². The minimum atomic E-state index is -0.0901. The second-order valence-electron chi connectivity index (χ2n) is 5.27. The van der Waals surface area contributed by atoms with Gasteiger partial charge in [-0.2, -0.15) is 10.5 Å². The first-order valence-corrected chi connectivity index (χ1v) is 8.90. The molecule has 128 valence electrons. The van der Waals surface area contributed by atoms with Gasteiger partial charge in [-0.15, -0.1) is 6.58 Å². The van der Waals surface area contributed by atoms with Gasteiger partial charge in [-0.05, 0) is 12.1 Å². The third-order valence-corrected chi connectivity index (χ3v) is 4.56. The van der Waals surface area contributed by atoms with Crippen LogP contribution in [0.15, 0.2) is 42.1 Å². The molecule has 0 aliphatic carbocycles. The monoisotopic (exact) mass is 353 g/mol. The quantitative estimate of drug-likeness (QED) is 0.511. The summed E-state index contributed by atoms with van der Waals surface area (Å²) in [6.45, 7) is 5.09. The fourth-order valence-corrected chi connectivity index (χ4v) is 3.34. The van der Waals surface area contributed by atoms with E-state index < -0.39 is 0 Å². The molecule has 0 N–H and O–H groups in total. The van der Waals surface area contributed by atoms with E-state index in [9.17, 15) is 4.79 Å². The van der Waals surface area contributed by atoms with Crippen molar-refractivity contribution >= 4 is 28.7 Å². The standard InChI is InChI=1S/C18H19N5OS/c1-2-11-23-16-8-4-3-7-15(16)21-18(23)25-14-17(24)22(12-5-9-19)13-6-10-20/h2-4,7-8H,1,5-6,11-14H2. The number of thioether (sulfide) groups is 1. The molecule has 0 atom stereocenters. The molecule has 1 amide bonds. The first-order valence-electron chi connectivity index (χ1n) is 7.92. The number of allylic oxidation sites excluding steroid dienone is 1. The molecule has 0 unspecified atom stereocenters. The molecule has 6 nitrogen and oxygen atoms in total. The Morgan fingerprint density at radius 2 is 1.96 bits per heavy atom. The number of nitrogens with zero attached hydrogens (tertiary/aromatic N) is 5.